The average molecular weight is 699 g/mol. The predicted molar refractivity (Wildman–Crippen MR) is 193 cm³/mol. The molecule has 1 aliphatic rings. The van der Waals surface area contributed by atoms with Crippen LogP contribution >= 0.6 is 11.3 Å². The molecule has 3 N–H and O–H groups in total. The molecule has 5 rings (SSSR count). The number of fused-ring (bicyclic) bond motifs is 3. The first-order valence-corrected chi connectivity index (χ1v) is 17.5. The molecule has 0 aliphatic carbocycles. The lowest BCUT2D eigenvalue weighted by atomic mass is 9.93. The Morgan fingerprint density at radius 3 is 2.46 bits per heavy atom. The predicted octanol–water partition coefficient (Wildman–Crippen LogP) is 7.18. The van der Waals surface area contributed by atoms with Crippen LogP contribution in [0.4, 0.5) is 10.5 Å². The molecule has 50 heavy (non-hydrogen) atoms. The Bertz CT molecular complexity index is 1930. The molecule has 0 bridgehead atoms. The van der Waals surface area contributed by atoms with E-state index in [2.05, 4.69) is 27.0 Å². The van der Waals surface area contributed by atoms with Crippen LogP contribution in [-0.2, 0) is 28.9 Å². The van der Waals surface area contributed by atoms with Crippen LogP contribution in [0.3, 0.4) is 0 Å². The van der Waals surface area contributed by atoms with Crippen molar-refractivity contribution in [2.45, 2.75) is 66.0 Å². The van der Waals surface area contributed by atoms with Crippen LogP contribution in [0, 0.1) is 0 Å². The first-order chi connectivity index (χ1) is 23.9. The highest BCUT2D eigenvalue weighted by Gasteiger charge is 2.27. The van der Waals surface area contributed by atoms with Gasteiger partial charge in [-0.1, -0.05) is 26.0 Å². The van der Waals surface area contributed by atoms with Gasteiger partial charge >= 0.3 is 12.1 Å². The molecular weight excluding hydrogens is 657 g/mol. The van der Waals surface area contributed by atoms with Gasteiger partial charge in [-0.3, -0.25) is 9.59 Å². The molecule has 0 atom stereocenters. The number of nitrogens with one attached hydrogen (secondary N) is 3. The van der Waals surface area contributed by atoms with Gasteiger partial charge in [0.05, 0.1) is 13.7 Å². The van der Waals surface area contributed by atoms with Gasteiger partial charge in [0.2, 0.25) is 0 Å². The molecule has 2 aromatic heterocycles. The van der Waals surface area contributed by atoms with Gasteiger partial charge in [0.15, 0.2) is 5.69 Å². The van der Waals surface area contributed by atoms with Crippen LogP contribution in [0.25, 0.3) is 21.6 Å². The van der Waals surface area contributed by atoms with E-state index < -0.39 is 29.5 Å². The van der Waals surface area contributed by atoms with Gasteiger partial charge in [-0.25, -0.2) is 14.6 Å². The summed E-state index contributed by atoms with van der Waals surface area (Å²) in [5.74, 6) is -1.03. The highest BCUT2D eigenvalue weighted by molar-refractivity contribution is 7.13. The fourth-order valence-corrected chi connectivity index (χ4v) is 6.54. The second-order valence-electron chi connectivity index (χ2n) is 12.8. The molecule has 0 saturated heterocycles. The number of thiophene rings is 1. The topological polar surface area (TPSA) is 145 Å². The summed E-state index contributed by atoms with van der Waals surface area (Å²) in [4.78, 5) is 57.9. The number of benzene rings is 2. The van der Waals surface area contributed by atoms with Gasteiger partial charge in [0, 0.05) is 52.3 Å². The van der Waals surface area contributed by atoms with Crippen LogP contribution in [0.2, 0.25) is 0 Å². The SMILES string of the molecule is CCCNC(=O)c1ccc(-c2cc3c(cc2C(=O)Nc2ccc(CNC(=O)OC(C)(C)C)cc2CC)-c2sccc2CCO3)c(C(=O)OC)n1. The number of carbonyl (C=O) groups excluding carboxylic acids is 4. The van der Waals surface area contributed by atoms with Crippen LogP contribution in [0.15, 0.2) is 53.9 Å². The quantitative estimate of drug-likeness (QED) is 0.148. The maximum Gasteiger partial charge on any atom is 0.407 e. The van der Waals surface area contributed by atoms with Crippen molar-refractivity contribution in [1.82, 2.24) is 15.6 Å². The lowest BCUT2D eigenvalue weighted by Gasteiger charge is -2.20. The number of nitrogens with zero attached hydrogens (tertiary/aromatic N) is 1. The lowest BCUT2D eigenvalue weighted by molar-refractivity contribution is 0.0522. The zero-order chi connectivity index (χ0) is 36.0. The molecule has 0 unspecified atom stereocenters. The number of methoxy groups -OCH3 is 1. The van der Waals surface area contributed by atoms with Crippen molar-refractivity contribution >= 4 is 40.9 Å². The molecular formula is C38H42N4O7S. The van der Waals surface area contributed by atoms with Crippen molar-refractivity contribution in [2.24, 2.45) is 0 Å². The fourth-order valence-electron chi connectivity index (χ4n) is 5.56. The third-order valence-electron chi connectivity index (χ3n) is 7.95. The van der Waals surface area contributed by atoms with Crippen LogP contribution < -0.4 is 20.7 Å². The summed E-state index contributed by atoms with van der Waals surface area (Å²) >= 11 is 1.57. The van der Waals surface area contributed by atoms with Crippen molar-refractivity contribution in [3.05, 3.63) is 87.6 Å². The molecule has 3 amide bonds. The molecule has 4 aromatic rings. The minimum absolute atomic E-state index is 0.0525. The second-order valence-corrected chi connectivity index (χ2v) is 13.7. The zero-order valence-corrected chi connectivity index (χ0v) is 30.0. The summed E-state index contributed by atoms with van der Waals surface area (Å²) in [6, 6.07) is 14.3. The minimum atomic E-state index is -0.753. The van der Waals surface area contributed by atoms with E-state index >= 15 is 0 Å². The van der Waals surface area contributed by atoms with Crippen LogP contribution in [0.1, 0.15) is 89.1 Å². The minimum Gasteiger partial charge on any atom is -0.493 e. The fraction of sp³-hybridized carbons (Fsp3) is 0.342. The summed E-state index contributed by atoms with van der Waals surface area (Å²) in [5, 5.41) is 10.6. The highest BCUT2D eigenvalue weighted by Crippen LogP contribution is 2.43. The van der Waals surface area contributed by atoms with Gasteiger partial charge in [0.1, 0.15) is 17.0 Å². The Hall–Kier alpha value is -5.23. The first kappa shape index (κ1) is 36.1. The number of carbonyl (C=O) groups is 4. The number of alkyl carbamates (subject to hydrolysis) is 1. The van der Waals surface area contributed by atoms with E-state index in [0.717, 1.165) is 33.6 Å². The average Bonchev–Trinajstić information content (AvgIpc) is 3.49. The van der Waals surface area contributed by atoms with E-state index in [1.54, 1.807) is 56.4 Å². The van der Waals surface area contributed by atoms with Gasteiger partial charge in [-0.05, 0) is 92.1 Å². The maximum atomic E-state index is 14.4. The molecule has 262 valence electrons. The number of anilines is 1. The van der Waals surface area contributed by atoms with Gasteiger partial charge in [0.25, 0.3) is 11.8 Å². The molecule has 0 saturated carbocycles. The maximum absolute atomic E-state index is 14.4. The van der Waals surface area contributed by atoms with Crippen molar-refractivity contribution in [3.8, 4) is 27.3 Å². The number of rotatable bonds is 10. The summed E-state index contributed by atoms with van der Waals surface area (Å²) < 4.78 is 16.6. The van der Waals surface area contributed by atoms with Gasteiger partial charge < -0.3 is 30.2 Å². The number of pyridine rings is 1. The Labute approximate surface area is 295 Å². The molecule has 12 heteroatoms. The van der Waals surface area contributed by atoms with Crippen molar-refractivity contribution in [3.63, 3.8) is 0 Å². The number of aromatic nitrogens is 1. The monoisotopic (exact) mass is 698 g/mol. The molecule has 3 heterocycles. The number of esters is 1. The summed E-state index contributed by atoms with van der Waals surface area (Å²) in [7, 11) is 1.24. The Morgan fingerprint density at radius 1 is 0.940 bits per heavy atom. The summed E-state index contributed by atoms with van der Waals surface area (Å²) in [6.07, 6.45) is 1.53. The highest BCUT2D eigenvalue weighted by atomic mass is 32.1. The molecule has 11 nitrogen and oxygen atoms in total. The molecule has 0 spiro atoms. The van der Waals surface area contributed by atoms with Crippen molar-refractivity contribution in [2.75, 3.05) is 25.6 Å². The molecule has 0 radical (unpaired) electrons. The lowest BCUT2D eigenvalue weighted by Crippen LogP contribution is -2.32. The number of ether oxygens (including phenoxy) is 3. The molecule has 0 fully saturated rings. The van der Waals surface area contributed by atoms with Gasteiger partial charge in [-0.15, -0.1) is 11.3 Å². The number of amides is 3. The largest absolute Gasteiger partial charge is 0.493 e. The van der Waals surface area contributed by atoms with E-state index in [1.165, 1.54) is 13.2 Å². The number of aryl methyl sites for hydroxylation is 1. The van der Waals surface area contributed by atoms with Crippen LogP contribution in [0.5, 0.6) is 5.75 Å². The standard InChI is InChI=1S/C38H42N4O7S/c1-7-15-39-35(44)30-12-10-25(32(41-30)36(45)47-6)26-20-31-28(33-24(13-16-48-31)14-17-50-33)19-27(26)34(43)42-29-11-9-22(18-23(29)8-2)21-40-37(46)49-38(3,4)5/h9-12,14,17-20H,7-8,13,15-16,21H2,1-6H3,(H,39,44)(H,40,46)(H,42,43). The van der Waals surface area contributed by atoms with Gasteiger partial charge in [-0.2, -0.15) is 0 Å². The van der Waals surface area contributed by atoms with E-state index in [0.29, 0.717) is 48.6 Å². The zero-order valence-electron chi connectivity index (χ0n) is 29.2. The molecule has 1 aliphatic heterocycles. The Balaban J connectivity index is 1.56. The normalized spacial score (nSPS) is 12.0. The Morgan fingerprint density at radius 2 is 1.74 bits per heavy atom. The summed E-state index contributed by atoms with van der Waals surface area (Å²) in [5.41, 5.74) is 4.52. The van der Waals surface area contributed by atoms with E-state index in [-0.39, 0.29) is 23.5 Å². The van der Waals surface area contributed by atoms with Crippen molar-refractivity contribution < 1.29 is 33.4 Å². The van der Waals surface area contributed by atoms with E-state index in [9.17, 15) is 19.2 Å². The second kappa shape index (κ2) is 15.5. The van der Waals surface area contributed by atoms with Crippen LogP contribution in [-0.4, -0.2) is 54.7 Å². The third-order valence-corrected chi connectivity index (χ3v) is 8.94. The molecule has 2 aromatic carbocycles. The smallest absolute Gasteiger partial charge is 0.407 e. The first-order valence-electron chi connectivity index (χ1n) is 16.6. The number of hydrogen-bond donors (Lipinski definition) is 3. The Kier molecular flexibility index (Phi) is 11.2. The summed E-state index contributed by atoms with van der Waals surface area (Å²) in [6.45, 7) is 10.5. The number of hydrogen-bond acceptors (Lipinski definition) is 9. The van der Waals surface area contributed by atoms with E-state index in [4.69, 9.17) is 14.2 Å². The third kappa shape index (κ3) is 8.31. The van der Waals surface area contributed by atoms with E-state index in [1.807, 2.05) is 31.4 Å². The van der Waals surface area contributed by atoms with Crippen molar-refractivity contribution in [1.29, 1.82) is 0 Å².